The Morgan fingerprint density at radius 3 is 1.54 bits per heavy atom. The number of anilines is 2. The van der Waals surface area contributed by atoms with Crippen molar-refractivity contribution in [3.63, 3.8) is 0 Å². The summed E-state index contributed by atoms with van der Waals surface area (Å²) < 4.78 is 10.8. The molecule has 0 atom stereocenters. The van der Waals surface area contributed by atoms with Crippen LogP contribution in [-0.2, 0) is 53.4 Å². The van der Waals surface area contributed by atoms with Crippen molar-refractivity contribution in [3.8, 4) is 0 Å². The van der Waals surface area contributed by atoms with E-state index in [0.717, 1.165) is 33.4 Å². The number of amides is 1. The van der Waals surface area contributed by atoms with E-state index in [1.54, 1.807) is 6.07 Å². The molecule has 0 aliphatic carbocycles. The number of aryl methyl sites for hydroxylation is 2. The second kappa shape index (κ2) is 20.4. The van der Waals surface area contributed by atoms with Crippen molar-refractivity contribution in [2.75, 3.05) is 10.8 Å². The van der Waals surface area contributed by atoms with Crippen LogP contribution in [0.5, 0.6) is 0 Å². The first-order valence-electron chi connectivity index (χ1n) is 19.6. The average molecular weight is 821 g/mol. The van der Waals surface area contributed by atoms with E-state index in [2.05, 4.69) is 10.8 Å². The molecule has 1 amide bonds. The van der Waals surface area contributed by atoms with Gasteiger partial charge in [-0.15, -0.1) is 0 Å². The zero-order valence-electron chi connectivity index (χ0n) is 33.6. The summed E-state index contributed by atoms with van der Waals surface area (Å²) in [6, 6.07) is 37.9. The van der Waals surface area contributed by atoms with Crippen LogP contribution in [0.1, 0.15) is 105 Å². The summed E-state index contributed by atoms with van der Waals surface area (Å²) >= 11 is 0. The predicted octanol–water partition coefficient (Wildman–Crippen LogP) is 9.31. The van der Waals surface area contributed by atoms with E-state index in [1.807, 2.05) is 105 Å². The number of aromatic carboxylic acids is 2. The van der Waals surface area contributed by atoms with Crippen LogP contribution in [-0.4, -0.2) is 40.0 Å². The summed E-state index contributed by atoms with van der Waals surface area (Å²) in [5.74, 6) is -4.41. The van der Waals surface area contributed by atoms with Gasteiger partial charge < -0.3 is 25.0 Å². The Bertz CT molecular complexity index is 2560. The number of ether oxygens (including phenoxy) is 2. The molecule has 6 rings (SSSR count). The molecule has 12 nitrogen and oxygen atoms in total. The molecule has 12 heteroatoms. The summed E-state index contributed by atoms with van der Waals surface area (Å²) in [5, 5.41) is 22.5. The molecule has 6 aromatic rings. The highest BCUT2D eigenvalue weighted by atomic mass is 16.6. The first kappa shape index (κ1) is 43.0. The zero-order chi connectivity index (χ0) is 43.3. The van der Waals surface area contributed by atoms with E-state index in [9.17, 15) is 34.2 Å². The lowest BCUT2D eigenvalue weighted by Gasteiger charge is -2.15. The van der Waals surface area contributed by atoms with Crippen molar-refractivity contribution in [2.24, 2.45) is 0 Å². The lowest BCUT2D eigenvalue weighted by molar-refractivity contribution is 0.0463. The molecule has 0 spiro atoms. The summed E-state index contributed by atoms with van der Waals surface area (Å²) in [6.07, 6.45) is 1.81. The maximum absolute atomic E-state index is 13.6. The van der Waals surface area contributed by atoms with Gasteiger partial charge >= 0.3 is 23.9 Å². The molecule has 61 heavy (non-hydrogen) atoms. The van der Waals surface area contributed by atoms with Gasteiger partial charge in [-0.3, -0.25) is 15.1 Å². The van der Waals surface area contributed by atoms with Crippen LogP contribution >= 0.6 is 0 Å². The first-order chi connectivity index (χ1) is 29.5. The Morgan fingerprint density at radius 2 is 1.00 bits per heavy atom. The van der Waals surface area contributed by atoms with Crippen LogP contribution in [0.2, 0.25) is 0 Å². The maximum atomic E-state index is 13.6. The van der Waals surface area contributed by atoms with E-state index in [0.29, 0.717) is 36.2 Å². The van der Waals surface area contributed by atoms with Gasteiger partial charge in [-0.2, -0.15) is 0 Å². The molecule has 4 N–H and O–H groups in total. The number of esters is 2. The Kier molecular flexibility index (Phi) is 14.4. The van der Waals surface area contributed by atoms with E-state index in [1.165, 1.54) is 36.4 Å². The molecule has 0 fully saturated rings. The van der Waals surface area contributed by atoms with Crippen LogP contribution in [0.3, 0.4) is 0 Å². The topological polar surface area (TPSA) is 178 Å². The van der Waals surface area contributed by atoms with Gasteiger partial charge in [0.25, 0.3) is 5.91 Å². The van der Waals surface area contributed by atoms with E-state index in [-0.39, 0.29) is 47.6 Å². The third-order valence-electron chi connectivity index (χ3n) is 9.89. The van der Waals surface area contributed by atoms with Gasteiger partial charge in [-0.25, -0.2) is 19.2 Å². The zero-order valence-corrected chi connectivity index (χ0v) is 33.6. The standard InChI is InChI=1S/C49H44N2O10/c1-3-35-24-33(15-21-43(35)50-45(52)42-27-38(18-20-41(42)47(55)56)49(58)60-29-32-13-9-6-10-14-32)23-34-16-22-44(36(4-2)25-34)51-61-30-39-26-37(17-19-40(39)46(53)54)48(57)59-28-31-11-7-5-8-12-31/h5-22,24-27,51H,3-4,23,28-30H2,1-2H3,(H,50,52)(H,53,54)(H,55,56). The average Bonchev–Trinajstić information content (AvgIpc) is 3.28. The summed E-state index contributed by atoms with van der Waals surface area (Å²) in [7, 11) is 0. The monoisotopic (exact) mass is 820 g/mol. The molecule has 0 saturated heterocycles. The van der Waals surface area contributed by atoms with Crippen LogP contribution in [0, 0.1) is 0 Å². The quantitative estimate of drug-likeness (QED) is 0.0480. The molecule has 0 aliphatic rings. The molecule has 0 bridgehead atoms. The van der Waals surface area contributed by atoms with Gasteiger partial charge in [0.2, 0.25) is 0 Å². The third-order valence-corrected chi connectivity index (χ3v) is 9.89. The number of hydrogen-bond donors (Lipinski definition) is 4. The fourth-order valence-electron chi connectivity index (χ4n) is 6.64. The molecule has 0 heterocycles. The van der Waals surface area contributed by atoms with Gasteiger partial charge in [0, 0.05) is 5.69 Å². The minimum absolute atomic E-state index is 0.000431. The van der Waals surface area contributed by atoms with Crippen molar-refractivity contribution in [2.45, 2.75) is 52.9 Å². The Labute approximate surface area is 352 Å². The van der Waals surface area contributed by atoms with Crippen molar-refractivity contribution >= 4 is 41.2 Å². The van der Waals surface area contributed by atoms with E-state index < -0.39 is 29.8 Å². The van der Waals surface area contributed by atoms with Gasteiger partial charge in [-0.1, -0.05) is 98.8 Å². The molecular weight excluding hydrogens is 777 g/mol. The molecule has 0 radical (unpaired) electrons. The number of nitrogens with one attached hydrogen (secondary N) is 2. The predicted molar refractivity (Wildman–Crippen MR) is 229 cm³/mol. The number of carbonyl (C=O) groups excluding carboxylic acids is 3. The Hall–Kier alpha value is -7.57. The maximum Gasteiger partial charge on any atom is 0.338 e. The summed E-state index contributed by atoms with van der Waals surface area (Å²) in [6.45, 7) is 3.91. The third kappa shape index (κ3) is 11.3. The van der Waals surface area contributed by atoms with Gasteiger partial charge in [0.1, 0.15) is 19.8 Å². The fraction of sp³-hybridized carbons (Fsp3) is 0.163. The highest BCUT2D eigenvalue weighted by Gasteiger charge is 2.21. The second-order valence-electron chi connectivity index (χ2n) is 14.1. The number of rotatable bonds is 18. The SMILES string of the molecule is CCc1cc(Cc2ccc(NC(=O)c3cc(C(=O)OCc4ccccc4)ccc3C(=O)O)c(CC)c2)ccc1NOCc1cc(C(=O)OCc2ccccc2)ccc1C(=O)O. The van der Waals surface area contributed by atoms with Crippen molar-refractivity contribution in [3.05, 3.63) is 200 Å². The van der Waals surface area contributed by atoms with E-state index in [4.69, 9.17) is 14.3 Å². The number of carbonyl (C=O) groups is 5. The molecule has 0 saturated carbocycles. The number of carboxylic acids is 2. The van der Waals surface area contributed by atoms with Crippen molar-refractivity contribution < 1.29 is 48.5 Å². The van der Waals surface area contributed by atoms with Crippen LogP contribution < -0.4 is 10.8 Å². The minimum Gasteiger partial charge on any atom is -0.478 e. The summed E-state index contributed by atoms with van der Waals surface area (Å²) in [5.41, 5.74) is 9.66. The molecular formula is C49H44N2O10. The number of carboxylic acid groups (broad SMARTS) is 2. The smallest absolute Gasteiger partial charge is 0.338 e. The molecule has 310 valence electrons. The van der Waals surface area contributed by atoms with Crippen LogP contribution in [0.4, 0.5) is 11.4 Å². The Balaban J connectivity index is 1.09. The largest absolute Gasteiger partial charge is 0.478 e. The lowest BCUT2D eigenvalue weighted by Crippen LogP contribution is -2.19. The highest BCUT2D eigenvalue weighted by molar-refractivity contribution is 6.12. The Morgan fingerprint density at radius 1 is 0.492 bits per heavy atom. The number of hydrogen-bond acceptors (Lipinski definition) is 9. The normalized spacial score (nSPS) is 10.7. The van der Waals surface area contributed by atoms with Gasteiger partial charge in [0.05, 0.1) is 33.5 Å². The lowest BCUT2D eigenvalue weighted by atomic mass is 9.98. The van der Waals surface area contributed by atoms with Crippen molar-refractivity contribution in [1.82, 2.24) is 0 Å². The van der Waals surface area contributed by atoms with Crippen LogP contribution in [0.25, 0.3) is 0 Å². The molecule has 0 aromatic heterocycles. The summed E-state index contributed by atoms with van der Waals surface area (Å²) in [4.78, 5) is 69.0. The highest BCUT2D eigenvalue weighted by Crippen LogP contribution is 2.26. The van der Waals surface area contributed by atoms with Crippen molar-refractivity contribution in [1.29, 1.82) is 0 Å². The van der Waals surface area contributed by atoms with E-state index >= 15 is 0 Å². The fourth-order valence-corrected chi connectivity index (χ4v) is 6.64. The number of benzene rings is 6. The first-order valence-corrected chi connectivity index (χ1v) is 19.6. The van der Waals surface area contributed by atoms with Crippen LogP contribution in [0.15, 0.2) is 133 Å². The second-order valence-corrected chi connectivity index (χ2v) is 14.1. The van der Waals surface area contributed by atoms with Gasteiger partial charge in [0.15, 0.2) is 0 Å². The molecule has 6 aromatic carbocycles. The van der Waals surface area contributed by atoms with Gasteiger partial charge in [-0.05, 0) is 107 Å². The molecule has 0 aliphatic heterocycles. The minimum atomic E-state index is -1.31. The molecule has 0 unspecified atom stereocenters.